The molecule has 0 aromatic heterocycles. The van der Waals surface area contributed by atoms with Crippen LogP contribution in [0.25, 0.3) is 0 Å². The maximum Gasteiger partial charge on any atom is 0.210 e. The zero-order valence-corrected chi connectivity index (χ0v) is 9.42. The summed E-state index contributed by atoms with van der Waals surface area (Å²) in [5.74, 6) is -1.01. The number of ether oxygens (including phenoxy) is 2. The average Bonchev–Trinajstić information content (AvgIpc) is 2.30. The Kier molecular flexibility index (Phi) is 4.37. The van der Waals surface area contributed by atoms with Gasteiger partial charge < -0.3 is 20.3 Å². The van der Waals surface area contributed by atoms with E-state index in [1.54, 1.807) is 6.07 Å². The lowest BCUT2D eigenvalue weighted by Gasteiger charge is -2.12. The number of hydrogen-bond acceptors (Lipinski definition) is 4. The molecular formula is C11H16FNO3. The third-order valence-corrected chi connectivity index (χ3v) is 2.31. The summed E-state index contributed by atoms with van der Waals surface area (Å²) < 4.78 is 23.5. The molecular weight excluding hydrogens is 213 g/mol. The molecule has 0 aliphatic carbocycles. The van der Waals surface area contributed by atoms with Crippen molar-refractivity contribution in [2.75, 3.05) is 20.8 Å². The summed E-state index contributed by atoms with van der Waals surface area (Å²) in [4.78, 5) is 0. The Morgan fingerprint density at radius 3 is 2.56 bits per heavy atom. The smallest absolute Gasteiger partial charge is 0.210 e. The van der Waals surface area contributed by atoms with E-state index >= 15 is 0 Å². The van der Waals surface area contributed by atoms with Crippen LogP contribution in [-0.4, -0.2) is 25.9 Å². The van der Waals surface area contributed by atoms with Crippen LogP contribution >= 0.6 is 0 Å². The molecule has 0 bridgehead atoms. The second-order valence-electron chi connectivity index (χ2n) is 3.33. The lowest BCUT2D eigenvalue weighted by molar-refractivity contribution is 0.324. The molecule has 0 unspecified atom stereocenters. The van der Waals surface area contributed by atoms with Gasteiger partial charge in [0.15, 0.2) is 11.5 Å². The van der Waals surface area contributed by atoms with Gasteiger partial charge in [0, 0.05) is 5.56 Å². The van der Waals surface area contributed by atoms with Gasteiger partial charge in [0.2, 0.25) is 11.6 Å². The normalized spacial score (nSPS) is 10.2. The maximum absolute atomic E-state index is 13.7. The summed E-state index contributed by atoms with van der Waals surface area (Å²) in [5, 5.41) is 9.60. The van der Waals surface area contributed by atoms with Crippen LogP contribution in [0.3, 0.4) is 0 Å². The summed E-state index contributed by atoms with van der Waals surface area (Å²) in [6.07, 6.45) is 1.17. The Balaban J connectivity index is 3.16. The number of phenols is 1. The standard InChI is InChI=1S/C11H16FNO3/c1-15-8-6-7(4-3-5-13)10(14)9(12)11(8)16-2/h6,14H,3-5,13H2,1-2H3. The Labute approximate surface area is 93.8 Å². The van der Waals surface area contributed by atoms with Crippen molar-refractivity contribution in [3.8, 4) is 17.2 Å². The molecule has 0 spiro atoms. The van der Waals surface area contributed by atoms with E-state index in [-0.39, 0.29) is 11.5 Å². The number of methoxy groups -OCH3 is 2. The molecule has 0 aliphatic rings. The number of aryl methyl sites for hydroxylation is 1. The van der Waals surface area contributed by atoms with Gasteiger partial charge in [-0.25, -0.2) is 0 Å². The molecule has 1 aromatic carbocycles. The van der Waals surface area contributed by atoms with Gasteiger partial charge in [-0.3, -0.25) is 0 Å². The topological polar surface area (TPSA) is 64.7 Å². The molecule has 3 N–H and O–H groups in total. The molecule has 0 heterocycles. The van der Waals surface area contributed by atoms with Crippen LogP contribution < -0.4 is 15.2 Å². The van der Waals surface area contributed by atoms with E-state index in [4.69, 9.17) is 15.2 Å². The zero-order valence-electron chi connectivity index (χ0n) is 9.42. The number of nitrogens with two attached hydrogens (primary N) is 1. The molecule has 0 aliphatic heterocycles. The van der Waals surface area contributed by atoms with Crippen molar-refractivity contribution in [1.82, 2.24) is 0 Å². The third-order valence-electron chi connectivity index (χ3n) is 2.31. The SMILES string of the molecule is COc1cc(CCCN)c(O)c(F)c1OC. The lowest BCUT2D eigenvalue weighted by atomic mass is 10.1. The molecule has 0 radical (unpaired) electrons. The lowest BCUT2D eigenvalue weighted by Crippen LogP contribution is -2.02. The van der Waals surface area contributed by atoms with Crippen molar-refractivity contribution >= 4 is 0 Å². The number of hydrogen-bond donors (Lipinski definition) is 2. The van der Waals surface area contributed by atoms with Crippen molar-refractivity contribution < 1.29 is 19.0 Å². The van der Waals surface area contributed by atoms with E-state index in [0.29, 0.717) is 24.9 Å². The number of halogens is 1. The number of phenolic OH excluding ortho intramolecular Hbond substituents is 1. The predicted octanol–water partition coefficient (Wildman–Crippen LogP) is 1.44. The number of rotatable bonds is 5. The highest BCUT2D eigenvalue weighted by Gasteiger charge is 2.18. The summed E-state index contributed by atoms with van der Waals surface area (Å²) in [5.41, 5.74) is 5.83. The first-order chi connectivity index (χ1) is 7.65. The van der Waals surface area contributed by atoms with Crippen LogP contribution in [0.15, 0.2) is 6.07 Å². The molecule has 0 amide bonds. The van der Waals surface area contributed by atoms with Gasteiger partial charge in [-0.2, -0.15) is 4.39 Å². The van der Waals surface area contributed by atoms with E-state index in [1.165, 1.54) is 14.2 Å². The van der Waals surface area contributed by atoms with E-state index in [0.717, 1.165) is 0 Å². The summed E-state index contributed by atoms with van der Waals surface area (Å²) in [7, 11) is 2.74. The van der Waals surface area contributed by atoms with Crippen molar-refractivity contribution in [3.63, 3.8) is 0 Å². The van der Waals surface area contributed by atoms with E-state index in [1.807, 2.05) is 0 Å². The maximum atomic E-state index is 13.7. The molecule has 0 saturated carbocycles. The largest absolute Gasteiger partial charge is 0.505 e. The van der Waals surface area contributed by atoms with Crippen LogP contribution in [0, 0.1) is 5.82 Å². The fraction of sp³-hybridized carbons (Fsp3) is 0.455. The monoisotopic (exact) mass is 229 g/mol. The van der Waals surface area contributed by atoms with Gasteiger partial charge >= 0.3 is 0 Å². The van der Waals surface area contributed by atoms with Gasteiger partial charge in [-0.05, 0) is 25.5 Å². The Morgan fingerprint density at radius 1 is 1.38 bits per heavy atom. The molecule has 90 valence electrons. The summed E-state index contributed by atoms with van der Waals surface area (Å²) >= 11 is 0. The first kappa shape index (κ1) is 12.6. The molecule has 0 saturated heterocycles. The quantitative estimate of drug-likeness (QED) is 0.801. The number of benzene rings is 1. The van der Waals surface area contributed by atoms with Gasteiger partial charge in [0.1, 0.15) is 0 Å². The fourth-order valence-corrected chi connectivity index (χ4v) is 1.47. The van der Waals surface area contributed by atoms with Crippen LogP contribution in [0.2, 0.25) is 0 Å². The van der Waals surface area contributed by atoms with Crippen LogP contribution in [0.5, 0.6) is 17.2 Å². The minimum Gasteiger partial charge on any atom is -0.505 e. The van der Waals surface area contributed by atoms with Gasteiger partial charge in [-0.15, -0.1) is 0 Å². The molecule has 16 heavy (non-hydrogen) atoms. The zero-order chi connectivity index (χ0) is 12.1. The van der Waals surface area contributed by atoms with Gasteiger partial charge in [0.05, 0.1) is 14.2 Å². The van der Waals surface area contributed by atoms with E-state index in [9.17, 15) is 9.50 Å². The predicted molar refractivity (Wildman–Crippen MR) is 58.5 cm³/mol. The Hall–Kier alpha value is -1.49. The first-order valence-electron chi connectivity index (χ1n) is 4.98. The highest BCUT2D eigenvalue weighted by Crippen LogP contribution is 2.38. The van der Waals surface area contributed by atoms with Crippen LogP contribution in [0.1, 0.15) is 12.0 Å². The average molecular weight is 229 g/mol. The van der Waals surface area contributed by atoms with Gasteiger partial charge in [0.25, 0.3) is 0 Å². The Morgan fingerprint density at radius 2 is 2.06 bits per heavy atom. The second-order valence-corrected chi connectivity index (χ2v) is 3.33. The van der Waals surface area contributed by atoms with Crippen molar-refractivity contribution in [3.05, 3.63) is 17.4 Å². The van der Waals surface area contributed by atoms with Gasteiger partial charge in [-0.1, -0.05) is 0 Å². The highest BCUT2D eigenvalue weighted by atomic mass is 19.1. The molecule has 1 aromatic rings. The van der Waals surface area contributed by atoms with Crippen molar-refractivity contribution in [2.24, 2.45) is 5.73 Å². The van der Waals surface area contributed by atoms with Crippen molar-refractivity contribution in [1.29, 1.82) is 0 Å². The highest BCUT2D eigenvalue weighted by molar-refractivity contribution is 5.51. The number of aromatic hydroxyl groups is 1. The summed E-state index contributed by atoms with van der Waals surface area (Å²) in [6, 6.07) is 1.56. The third kappa shape index (κ3) is 2.36. The summed E-state index contributed by atoms with van der Waals surface area (Å²) in [6.45, 7) is 0.482. The fourth-order valence-electron chi connectivity index (χ4n) is 1.47. The van der Waals surface area contributed by atoms with E-state index < -0.39 is 11.6 Å². The molecule has 5 heteroatoms. The second kappa shape index (κ2) is 5.55. The Bertz CT molecular complexity index is 369. The van der Waals surface area contributed by atoms with Crippen LogP contribution in [-0.2, 0) is 6.42 Å². The molecule has 4 nitrogen and oxygen atoms in total. The minimum atomic E-state index is -0.797. The first-order valence-corrected chi connectivity index (χ1v) is 4.98. The minimum absolute atomic E-state index is 0.0866. The molecule has 0 fully saturated rings. The van der Waals surface area contributed by atoms with Crippen LogP contribution in [0.4, 0.5) is 4.39 Å². The molecule has 0 atom stereocenters. The molecule has 1 rings (SSSR count). The van der Waals surface area contributed by atoms with Crippen molar-refractivity contribution in [2.45, 2.75) is 12.8 Å². The van der Waals surface area contributed by atoms with E-state index in [2.05, 4.69) is 0 Å².